The average Bonchev–Trinajstić information content (AvgIpc) is 2.46. The number of morpholine rings is 1. The maximum Gasteiger partial charge on any atom is 0.417 e. The minimum Gasteiger partial charge on any atom is -0.373 e. The summed E-state index contributed by atoms with van der Waals surface area (Å²) in [5.74, 6) is -0.416. The highest BCUT2D eigenvalue weighted by Crippen LogP contribution is 2.28. The number of carbonyl (C=O) groups is 1. The van der Waals surface area contributed by atoms with Gasteiger partial charge in [0.15, 0.2) is 0 Å². The van der Waals surface area contributed by atoms with E-state index in [0.717, 1.165) is 12.1 Å². The number of ether oxygens (including phenoxy) is 1. The lowest BCUT2D eigenvalue weighted by molar-refractivity contribution is -0.137. The third-order valence-corrected chi connectivity index (χ3v) is 3.00. The van der Waals surface area contributed by atoms with Crippen molar-refractivity contribution in [1.29, 1.82) is 0 Å². The van der Waals surface area contributed by atoms with Crippen LogP contribution in [0, 0.1) is 0 Å². The van der Waals surface area contributed by atoms with Gasteiger partial charge in [0.25, 0.3) is 5.91 Å². The van der Waals surface area contributed by atoms with Crippen LogP contribution in [0.4, 0.5) is 13.2 Å². The maximum absolute atomic E-state index is 12.4. The summed E-state index contributed by atoms with van der Waals surface area (Å²) >= 11 is 0. The molecule has 1 saturated heterocycles. The van der Waals surface area contributed by atoms with Crippen molar-refractivity contribution in [2.75, 3.05) is 26.2 Å². The Kier molecular flexibility index (Phi) is 8.10. The Morgan fingerprint density at radius 2 is 2.09 bits per heavy atom. The number of rotatable bonds is 2. The second-order valence-electron chi connectivity index (χ2n) is 4.41. The molecule has 1 aromatic rings. The van der Waals surface area contributed by atoms with Gasteiger partial charge in [0, 0.05) is 25.8 Å². The first-order valence-corrected chi connectivity index (χ1v) is 6.06. The minimum atomic E-state index is -4.46. The highest BCUT2D eigenvalue weighted by atomic mass is 35.5. The van der Waals surface area contributed by atoms with Crippen molar-refractivity contribution in [3.05, 3.63) is 29.6 Å². The summed E-state index contributed by atoms with van der Waals surface area (Å²) in [7, 11) is 0. The van der Waals surface area contributed by atoms with Gasteiger partial charge in [-0.25, -0.2) is 0 Å². The van der Waals surface area contributed by atoms with Gasteiger partial charge in [-0.1, -0.05) is 0 Å². The van der Waals surface area contributed by atoms with Crippen molar-refractivity contribution in [1.82, 2.24) is 9.88 Å². The highest BCUT2D eigenvalue weighted by molar-refractivity contribution is 5.92. The van der Waals surface area contributed by atoms with Gasteiger partial charge >= 0.3 is 6.18 Å². The van der Waals surface area contributed by atoms with Crippen molar-refractivity contribution >= 4 is 30.7 Å². The largest absolute Gasteiger partial charge is 0.417 e. The highest BCUT2D eigenvalue weighted by Gasteiger charge is 2.31. The molecule has 0 aliphatic carbocycles. The summed E-state index contributed by atoms with van der Waals surface area (Å²) in [5, 5.41) is 0. The zero-order chi connectivity index (χ0) is 14.8. The molecule has 1 aliphatic heterocycles. The number of aromatic nitrogens is 1. The fraction of sp³-hybridized carbons (Fsp3) is 0.500. The van der Waals surface area contributed by atoms with E-state index in [1.807, 2.05) is 0 Å². The molecule has 2 rings (SSSR count). The Labute approximate surface area is 137 Å². The van der Waals surface area contributed by atoms with Crippen LogP contribution < -0.4 is 5.73 Å². The zero-order valence-corrected chi connectivity index (χ0v) is 13.0. The third kappa shape index (κ3) is 4.98. The van der Waals surface area contributed by atoms with Crippen LogP contribution in [0.25, 0.3) is 0 Å². The normalized spacial score (nSPS) is 18.2. The lowest BCUT2D eigenvalue weighted by atomic mass is 10.2. The van der Waals surface area contributed by atoms with Crippen molar-refractivity contribution in [2.24, 2.45) is 5.73 Å². The molecule has 2 N–H and O–H groups in total. The first-order valence-electron chi connectivity index (χ1n) is 6.06. The number of nitrogens with two attached hydrogens (primary N) is 1. The second kappa shape index (κ2) is 8.52. The van der Waals surface area contributed by atoms with Crippen LogP contribution in [0.5, 0.6) is 0 Å². The fourth-order valence-corrected chi connectivity index (χ4v) is 1.90. The van der Waals surface area contributed by atoms with E-state index in [1.54, 1.807) is 0 Å². The van der Waals surface area contributed by atoms with Crippen LogP contribution in [0.15, 0.2) is 18.3 Å². The topological polar surface area (TPSA) is 68.5 Å². The van der Waals surface area contributed by atoms with Gasteiger partial charge in [0.1, 0.15) is 5.69 Å². The molecule has 1 unspecified atom stereocenters. The van der Waals surface area contributed by atoms with E-state index in [9.17, 15) is 18.0 Å². The molecule has 1 aliphatic rings. The molecule has 10 heteroatoms. The molecule has 2 heterocycles. The van der Waals surface area contributed by atoms with Gasteiger partial charge in [-0.05, 0) is 12.1 Å². The number of nitrogens with zero attached hydrogens (tertiary/aromatic N) is 2. The van der Waals surface area contributed by atoms with Gasteiger partial charge < -0.3 is 15.4 Å². The first kappa shape index (κ1) is 20.9. The van der Waals surface area contributed by atoms with E-state index in [4.69, 9.17) is 10.5 Å². The number of amides is 1. The van der Waals surface area contributed by atoms with Gasteiger partial charge in [0.2, 0.25) is 0 Å². The van der Waals surface area contributed by atoms with E-state index >= 15 is 0 Å². The quantitative estimate of drug-likeness (QED) is 0.871. The molecular weight excluding hydrogens is 346 g/mol. The van der Waals surface area contributed by atoms with Gasteiger partial charge in [-0.2, -0.15) is 13.2 Å². The Bertz CT molecular complexity index is 485. The van der Waals surface area contributed by atoms with E-state index in [1.165, 1.54) is 4.90 Å². The summed E-state index contributed by atoms with van der Waals surface area (Å²) in [6.07, 6.45) is -4.05. The zero-order valence-electron chi connectivity index (χ0n) is 11.4. The van der Waals surface area contributed by atoms with E-state index in [0.29, 0.717) is 25.9 Å². The van der Waals surface area contributed by atoms with Crippen LogP contribution in [-0.4, -0.2) is 48.1 Å². The minimum absolute atomic E-state index is 0. The predicted octanol–water partition coefficient (Wildman–Crippen LogP) is 1.74. The summed E-state index contributed by atoms with van der Waals surface area (Å²) in [6.45, 7) is 1.33. The molecule has 1 atom stereocenters. The predicted molar refractivity (Wildman–Crippen MR) is 78.4 cm³/mol. The number of halogens is 5. The molecule has 5 nitrogen and oxygen atoms in total. The lowest BCUT2D eigenvalue weighted by Gasteiger charge is -2.32. The van der Waals surface area contributed by atoms with Gasteiger partial charge in [-0.15, -0.1) is 24.8 Å². The summed E-state index contributed by atoms with van der Waals surface area (Å²) < 4.78 is 42.5. The number of hydrogen-bond acceptors (Lipinski definition) is 4. The molecule has 22 heavy (non-hydrogen) atoms. The van der Waals surface area contributed by atoms with Crippen LogP contribution in [0.1, 0.15) is 16.1 Å². The Morgan fingerprint density at radius 1 is 1.41 bits per heavy atom. The van der Waals surface area contributed by atoms with Crippen molar-refractivity contribution in [3.63, 3.8) is 0 Å². The summed E-state index contributed by atoms with van der Waals surface area (Å²) in [6, 6.07) is 1.93. The molecule has 0 radical (unpaired) electrons. The van der Waals surface area contributed by atoms with E-state index < -0.39 is 17.6 Å². The van der Waals surface area contributed by atoms with Crippen LogP contribution >= 0.6 is 24.8 Å². The molecule has 0 aromatic carbocycles. The van der Waals surface area contributed by atoms with Crippen LogP contribution in [0.2, 0.25) is 0 Å². The van der Waals surface area contributed by atoms with Crippen LogP contribution in [0.3, 0.4) is 0 Å². The van der Waals surface area contributed by atoms with E-state index in [2.05, 4.69) is 4.98 Å². The molecule has 126 valence electrons. The van der Waals surface area contributed by atoms with Crippen LogP contribution in [-0.2, 0) is 10.9 Å². The smallest absolute Gasteiger partial charge is 0.373 e. The Morgan fingerprint density at radius 3 is 2.59 bits per heavy atom. The molecule has 0 bridgehead atoms. The second-order valence-corrected chi connectivity index (χ2v) is 4.41. The number of hydrogen-bond donors (Lipinski definition) is 1. The fourth-order valence-electron chi connectivity index (χ4n) is 1.90. The van der Waals surface area contributed by atoms with Gasteiger partial charge in [0.05, 0.1) is 18.3 Å². The van der Waals surface area contributed by atoms with Crippen molar-refractivity contribution in [2.45, 2.75) is 12.3 Å². The summed E-state index contributed by atoms with van der Waals surface area (Å²) in [4.78, 5) is 17.2. The Hall–Kier alpha value is -1.09. The molecule has 1 aromatic heterocycles. The van der Waals surface area contributed by atoms with E-state index in [-0.39, 0.29) is 43.2 Å². The number of alkyl halides is 3. The molecule has 1 fully saturated rings. The molecule has 1 amide bonds. The first-order chi connectivity index (χ1) is 9.41. The monoisotopic (exact) mass is 361 g/mol. The Balaban J connectivity index is 0.00000220. The van der Waals surface area contributed by atoms with Crippen molar-refractivity contribution in [3.8, 4) is 0 Å². The van der Waals surface area contributed by atoms with Gasteiger partial charge in [-0.3, -0.25) is 9.78 Å². The van der Waals surface area contributed by atoms with Crippen molar-refractivity contribution < 1.29 is 22.7 Å². The SMILES string of the molecule is Cl.Cl.NCC1CN(C(=O)c2ccc(C(F)(F)F)cn2)CCO1. The number of pyridine rings is 1. The molecule has 0 saturated carbocycles. The third-order valence-electron chi connectivity index (χ3n) is 3.00. The lowest BCUT2D eigenvalue weighted by Crippen LogP contribution is -2.48. The summed E-state index contributed by atoms with van der Waals surface area (Å²) in [5.41, 5.74) is 4.57. The molecule has 0 spiro atoms. The standard InChI is InChI=1S/C12H14F3N3O2.2ClH/c13-12(14,15)8-1-2-10(17-6-8)11(19)18-3-4-20-9(5-16)7-18;;/h1-2,6,9H,3-5,7,16H2;2*1H. The number of carbonyl (C=O) groups excluding carboxylic acids is 1. The molecular formula is C12H16Cl2F3N3O2. The average molecular weight is 362 g/mol. The maximum atomic E-state index is 12.4.